The number of hydrogen-bond acceptors (Lipinski definition) is 5. The first-order valence-corrected chi connectivity index (χ1v) is 10.9. The maximum atomic E-state index is 6.44. The van der Waals surface area contributed by atoms with Crippen LogP contribution in [-0.2, 0) is 18.5 Å². The molecule has 3 aromatic rings. The Morgan fingerprint density at radius 3 is 2.80 bits per heavy atom. The highest BCUT2D eigenvalue weighted by Gasteiger charge is 2.43. The van der Waals surface area contributed by atoms with Crippen LogP contribution in [0.25, 0.3) is 5.82 Å². The van der Waals surface area contributed by atoms with Gasteiger partial charge >= 0.3 is 0 Å². The quantitative estimate of drug-likeness (QED) is 0.673. The molecule has 0 unspecified atom stereocenters. The number of aryl methyl sites for hydroxylation is 1. The number of hydrogen-bond donors (Lipinski definition) is 1. The fourth-order valence-electron chi connectivity index (χ4n) is 4.72. The summed E-state index contributed by atoms with van der Waals surface area (Å²) in [5.74, 6) is 2.87. The molecular weight excluding hydrogens is 398 g/mol. The van der Waals surface area contributed by atoms with Gasteiger partial charge in [0.05, 0.1) is 30.2 Å². The molecule has 2 aliphatic rings. The largest absolute Gasteiger partial charge is 0.497 e. The van der Waals surface area contributed by atoms with E-state index in [0.717, 1.165) is 72.6 Å². The van der Waals surface area contributed by atoms with E-state index in [2.05, 4.69) is 32.8 Å². The molecule has 1 aromatic carbocycles. The zero-order valence-corrected chi connectivity index (χ0v) is 18.1. The van der Waals surface area contributed by atoms with Crippen LogP contribution < -0.4 is 10.1 Å². The zero-order valence-electron chi connectivity index (χ0n) is 17.4. The summed E-state index contributed by atoms with van der Waals surface area (Å²) in [6.07, 6.45) is 6.77. The van der Waals surface area contributed by atoms with Gasteiger partial charge in [-0.1, -0.05) is 18.5 Å². The summed E-state index contributed by atoms with van der Waals surface area (Å²) >= 11 is 6.44. The average Bonchev–Trinajstić information content (AvgIpc) is 3.22. The van der Waals surface area contributed by atoms with E-state index in [-0.39, 0.29) is 5.54 Å². The van der Waals surface area contributed by atoms with Gasteiger partial charge in [-0.05, 0) is 48.7 Å². The summed E-state index contributed by atoms with van der Waals surface area (Å²) in [5, 5.41) is 4.61. The summed E-state index contributed by atoms with van der Waals surface area (Å²) in [6, 6.07) is 9.97. The number of nitrogens with one attached hydrogen (secondary N) is 1. The Balaban J connectivity index is 1.40. The van der Waals surface area contributed by atoms with Gasteiger partial charge in [0.2, 0.25) is 0 Å². The number of ether oxygens (including phenoxy) is 1. The number of imidazole rings is 1. The Morgan fingerprint density at radius 2 is 2.03 bits per heavy atom. The third-order valence-corrected chi connectivity index (χ3v) is 6.74. The Kier molecular flexibility index (Phi) is 4.91. The van der Waals surface area contributed by atoms with Gasteiger partial charge < -0.3 is 10.1 Å². The second-order valence-electron chi connectivity index (χ2n) is 8.06. The molecule has 156 valence electrons. The minimum absolute atomic E-state index is 0.120. The number of piperidine rings is 1. The molecule has 5 rings (SSSR count). The van der Waals surface area contributed by atoms with Crippen molar-refractivity contribution in [3.63, 3.8) is 0 Å². The Bertz CT molecular complexity index is 1070. The fourth-order valence-corrected chi connectivity index (χ4v) is 4.90. The third-order valence-electron chi connectivity index (χ3n) is 6.37. The van der Waals surface area contributed by atoms with Crippen LogP contribution in [0.1, 0.15) is 36.8 Å². The summed E-state index contributed by atoms with van der Waals surface area (Å²) in [4.78, 5) is 11.8. The van der Waals surface area contributed by atoms with Crippen molar-refractivity contribution in [1.29, 1.82) is 0 Å². The number of nitrogens with zero attached hydrogens (tertiary/aromatic N) is 4. The van der Waals surface area contributed by atoms with Gasteiger partial charge in [-0.2, -0.15) is 0 Å². The van der Waals surface area contributed by atoms with E-state index < -0.39 is 0 Å². The molecule has 2 aliphatic heterocycles. The van der Waals surface area contributed by atoms with Crippen molar-refractivity contribution >= 4 is 17.3 Å². The molecule has 0 saturated carbocycles. The molecule has 1 N–H and O–H groups in total. The molecule has 0 atom stereocenters. The van der Waals surface area contributed by atoms with Crippen molar-refractivity contribution in [3.05, 3.63) is 64.8 Å². The molecule has 7 heteroatoms. The van der Waals surface area contributed by atoms with Crippen LogP contribution in [0, 0.1) is 0 Å². The van der Waals surface area contributed by atoms with E-state index >= 15 is 0 Å². The average molecular weight is 424 g/mol. The van der Waals surface area contributed by atoms with Crippen molar-refractivity contribution < 1.29 is 4.74 Å². The van der Waals surface area contributed by atoms with E-state index in [1.54, 1.807) is 7.11 Å². The first-order valence-electron chi connectivity index (χ1n) is 10.5. The maximum absolute atomic E-state index is 6.44. The number of rotatable bonds is 4. The van der Waals surface area contributed by atoms with Crippen molar-refractivity contribution in [2.45, 2.75) is 38.3 Å². The lowest BCUT2D eigenvalue weighted by Gasteiger charge is -2.45. The monoisotopic (exact) mass is 423 g/mol. The molecule has 0 aliphatic carbocycles. The topological polar surface area (TPSA) is 55.2 Å². The van der Waals surface area contributed by atoms with Gasteiger partial charge in [-0.3, -0.25) is 9.47 Å². The van der Waals surface area contributed by atoms with Gasteiger partial charge in [0.25, 0.3) is 0 Å². The predicted octanol–water partition coefficient (Wildman–Crippen LogP) is 4.41. The lowest BCUT2D eigenvalue weighted by molar-refractivity contribution is 0.161. The van der Waals surface area contributed by atoms with Crippen molar-refractivity contribution in [2.24, 2.45) is 0 Å². The van der Waals surface area contributed by atoms with E-state index in [4.69, 9.17) is 21.3 Å². The molecule has 0 bridgehead atoms. The van der Waals surface area contributed by atoms with Gasteiger partial charge in [0.15, 0.2) is 5.82 Å². The summed E-state index contributed by atoms with van der Waals surface area (Å²) < 4.78 is 7.64. The van der Waals surface area contributed by atoms with Gasteiger partial charge in [-0.15, -0.1) is 0 Å². The predicted molar refractivity (Wildman–Crippen MR) is 119 cm³/mol. The van der Waals surface area contributed by atoms with E-state index in [0.29, 0.717) is 0 Å². The Morgan fingerprint density at radius 1 is 1.20 bits per heavy atom. The van der Waals surface area contributed by atoms with Gasteiger partial charge in [0.1, 0.15) is 11.6 Å². The van der Waals surface area contributed by atoms with Gasteiger partial charge in [0, 0.05) is 37.3 Å². The Labute approximate surface area is 181 Å². The number of benzene rings is 1. The second kappa shape index (κ2) is 7.60. The van der Waals surface area contributed by atoms with Crippen LogP contribution in [0.3, 0.4) is 0 Å². The minimum atomic E-state index is -0.120. The number of likely N-dealkylation sites (tertiary alicyclic amines) is 1. The first-order chi connectivity index (χ1) is 14.6. The highest BCUT2D eigenvalue weighted by molar-refractivity contribution is 6.31. The van der Waals surface area contributed by atoms with Crippen LogP contribution in [0.2, 0.25) is 5.02 Å². The second-order valence-corrected chi connectivity index (χ2v) is 8.47. The highest BCUT2D eigenvalue weighted by atomic mass is 35.5. The van der Waals surface area contributed by atoms with E-state index in [9.17, 15) is 0 Å². The van der Waals surface area contributed by atoms with Crippen molar-refractivity contribution in [1.82, 2.24) is 19.4 Å². The molecule has 2 aromatic heterocycles. The molecule has 30 heavy (non-hydrogen) atoms. The molecule has 1 fully saturated rings. The van der Waals surface area contributed by atoms with Crippen LogP contribution in [0.4, 0.5) is 5.69 Å². The molecule has 0 amide bonds. The molecule has 6 nitrogen and oxygen atoms in total. The lowest BCUT2D eigenvalue weighted by atomic mass is 9.82. The molecule has 1 spiro atoms. The highest BCUT2D eigenvalue weighted by Crippen LogP contribution is 2.43. The van der Waals surface area contributed by atoms with Crippen molar-refractivity contribution in [2.75, 3.05) is 25.5 Å². The number of halogens is 1. The zero-order chi connectivity index (χ0) is 20.7. The number of pyridine rings is 1. The van der Waals surface area contributed by atoms with E-state index in [1.165, 1.54) is 5.69 Å². The lowest BCUT2D eigenvalue weighted by Crippen LogP contribution is -2.49. The number of methoxy groups -OCH3 is 1. The summed E-state index contributed by atoms with van der Waals surface area (Å²) in [5.41, 5.74) is 3.30. The number of fused-ring (bicyclic) bond motifs is 4. The number of aromatic nitrogens is 3. The molecule has 0 radical (unpaired) electrons. The van der Waals surface area contributed by atoms with Crippen LogP contribution in [-0.4, -0.2) is 39.6 Å². The summed E-state index contributed by atoms with van der Waals surface area (Å²) in [6.45, 7) is 4.92. The Hall–Kier alpha value is -2.57. The van der Waals surface area contributed by atoms with E-state index in [1.807, 2.05) is 36.7 Å². The smallest absolute Gasteiger partial charge is 0.161 e. The molecule has 1 saturated heterocycles. The maximum Gasteiger partial charge on any atom is 0.161 e. The SMILES string of the molecule is CCc1ncc2n1-c1ncccc1NC21CCN(Cc2cc(OC)ccc2Cl)CC1. The number of anilines is 1. The molecule has 4 heterocycles. The van der Waals surface area contributed by atoms with Crippen molar-refractivity contribution in [3.8, 4) is 11.6 Å². The first kappa shape index (κ1) is 19.4. The van der Waals surface area contributed by atoms with Crippen LogP contribution in [0.5, 0.6) is 5.75 Å². The van der Waals surface area contributed by atoms with Crippen LogP contribution >= 0.6 is 11.6 Å². The van der Waals surface area contributed by atoms with Crippen LogP contribution in [0.15, 0.2) is 42.7 Å². The standard InChI is InChI=1S/C23H26ClN5O/c1-3-21-26-14-20-23(27-19-5-4-10-25-22(19)29(20)21)8-11-28(12-9-23)15-16-13-17(30-2)6-7-18(16)24/h4-7,10,13-14,27H,3,8-9,11-12,15H2,1-2H3. The molecular formula is C23H26ClN5O. The normalized spacial score (nSPS) is 17.3. The van der Waals surface area contributed by atoms with Gasteiger partial charge in [-0.25, -0.2) is 9.97 Å². The fraction of sp³-hybridized carbons (Fsp3) is 0.391. The summed E-state index contributed by atoms with van der Waals surface area (Å²) in [7, 11) is 1.69. The minimum Gasteiger partial charge on any atom is -0.497 e. The third kappa shape index (κ3) is 3.15.